The number of furan rings is 1. The maximum absolute atomic E-state index is 10.7. The molecular formula is C17H29NO2. The Hall–Kier alpha value is -0.800. The summed E-state index contributed by atoms with van der Waals surface area (Å²) in [6, 6.07) is 3.79. The quantitative estimate of drug-likeness (QED) is 0.884. The molecule has 1 saturated carbocycles. The summed E-state index contributed by atoms with van der Waals surface area (Å²) in [6.07, 6.45) is 3.65. The second-order valence-corrected chi connectivity index (χ2v) is 7.56. The Kier molecular flexibility index (Phi) is 4.31. The maximum Gasteiger partial charge on any atom is 0.133 e. The lowest BCUT2D eigenvalue weighted by molar-refractivity contribution is -0.0346. The summed E-state index contributed by atoms with van der Waals surface area (Å²) in [4.78, 5) is 0. The van der Waals surface area contributed by atoms with E-state index in [0.717, 1.165) is 31.4 Å². The molecular weight excluding hydrogens is 250 g/mol. The van der Waals surface area contributed by atoms with Gasteiger partial charge in [-0.15, -0.1) is 0 Å². The summed E-state index contributed by atoms with van der Waals surface area (Å²) >= 11 is 0. The van der Waals surface area contributed by atoms with Gasteiger partial charge in [-0.2, -0.15) is 0 Å². The summed E-state index contributed by atoms with van der Waals surface area (Å²) in [7, 11) is 0. The molecule has 0 bridgehead atoms. The van der Waals surface area contributed by atoms with E-state index in [-0.39, 0.29) is 5.41 Å². The second-order valence-electron chi connectivity index (χ2n) is 7.56. The molecule has 0 aliphatic heterocycles. The number of aliphatic hydroxyl groups excluding tert-OH is 1. The average Bonchev–Trinajstić information content (AvgIpc) is 2.83. The van der Waals surface area contributed by atoms with Crippen molar-refractivity contribution in [2.45, 2.75) is 59.5 Å². The van der Waals surface area contributed by atoms with Gasteiger partial charge in [0.05, 0.1) is 0 Å². The minimum atomic E-state index is -0.581. The SMILES string of the molecule is Cc1ccc(C(O)C2(CN)CCC(C(C)(C)C)CC2)o1. The lowest BCUT2D eigenvalue weighted by Gasteiger charge is -2.45. The van der Waals surface area contributed by atoms with Crippen LogP contribution >= 0.6 is 0 Å². The second kappa shape index (κ2) is 5.53. The third-order valence-corrected chi connectivity index (χ3v) is 5.22. The fourth-order valence-electron chi connectivity index (χ4n) is 3.55. The molecule has 1 fully saturated rings. The summed E-state index contributed by atoms with van der Waals surface area (Å²) in [6.45, 7) is 9.34. The van der Waals surface area contributed by atoms with Gasteiger partial charge in [-0.3, -0.25) is 0 Å². The summed E-state index contributed by atoms with van der Waals surface area (Å²) in [5.74, 6) is 2.23. The standard InChI is InChI=1S/C17H29NO2/c1-12-5-6-14(20-12)15(19)17(11-18)9-7-13(8-10-17)16(2,3)4/h5-6,13,15,19H,7-11,18H2,1-4H3. The van der Waals surface area contributed by atoms with E-state index >= 15 is 0 Å². The zero-order valence-corrected chi connectivity index (χ0v) is 13.3. The summed E-state index contributed by atoms with van der Waals surface area (Å²) in [5.41, 5.74) is 6.16. The molecule has 20 heavy (non-hydrogen) atoms. The molecule has 0 saturated heterocycles. The van der Waals surface area contributed by atoms with Gasteiger partial charge >= 0.3 is 0 Å². The van der Waals surface area contributed by atoms with Crippen molar-refractivity contribution in [2.75, 3.05) is 6.54 Å². The highest BCUT2D eigenvalue weighted by Gasteiger charge is 2.44. The first-order chi connectivity index (χ1) is 9.28. The van der Waals surface area contributed by atoms with Crippen LogP contribution in [0.3, 0.4) is 0 Å². The summed E-state index contributed by atoms with van der Waals surface area (Å²) in [5, 5.41) is 10.7. The van der Waals surface area contributed by atoms with Gasteiger partial charge in [0, 0.05) is 12.0 Å². The third kappa shape index (κ3) is 2.94. The molecule has 3 heteroatoms. The van der Waals surface area contributed by atoms with Crippen LogP contribution in [0.5, 0.6) is 0 Å². The zero-order valence-electron chi connectivity index (χ0n) is 13.3. The van der Waals surface area contributed by atoms with Crippen molar-refractivity contribution in [1.82, 2.24) is 0 Å². The van der Waals surface area contributed by atoms with E-state index in [0.29, 0.717) is 23.6 Å². The van der Waals surface area contributed by atoms with Crippen LogP contribution in [0.15, 0.2) is 16.5 Å². The molecule has 3 N–H and O–H groups in total. The minimum absolute atomic E-state index is 0.216. The predicted octanol–water partition coefficient (Wildman–Crippen LogP) is 3.80. The molecule has 3 nitrogen and oxygen atoms in total. The van der Waals surface area contributed by atoms with E-state index in [1.807, 2.05) is 19.1 Å². The Morgan fingerprint density at radius 2 is 1.95 bits per heavy atom. The van der Waals surface area contributed by atoms with Gasteiger partial charge < -0.3 is 15.3 Å². The van der Waals surface area contributed by atoms with Crippen LogP contribution in [0.1, 0.15) is 64.1 Å². The average molecular weight is 279 g/mol. The molecule has 1 aromatic heterocycles. The molecule has 1 atom stereocenters. The number of rotatable bonds is 3. The monoisotopic (exact) mass is 279 g/mol. The largest absolute Gasteiger partial charge is 0.464 e. The van der Waals surface area contributed by atoms with Crippen LogP contribution in [-0.4, -0.2) is 11.7 Å². The number of aryl methyl sites for hydroxylation is 1. The molecule has 1 unspecified atom stereocenters. The highest BCUT2D eigenvalue weighted by Crippen LogP contribution is 2.50. The normalized spacial score (nSPS) is 29.4. The van der Waals surface area contributed by atoms with E-state index in [2.05, 4.69) is 20.8 Å². The topological polar surface area (TPSA) is 59.4 Å². The minimum Gasteiger partial charge on any atom is -0.464 e. The Morgan fingerprint density at radius 1 is 1.35 bits per heavy atom. The zero-order chi connectivity index (χ0) is 15.0. The molecule has 1 aromatic rings. The highest BCUT2D eigenvalue weighted by molar-refractivity contribution is 5.12. The van der Waals surface area contributed by atoms with E-state index in [1.165, 1.54) is 0 Å². The van der Waals surface area contributed by atoms with Crippen molar-refractivity contribution >= 4 is 0 Å². The first-order valence-corrected chi connectivity index (χ1v) is 7.73. The molecule has 0 aromatic carbocycles. The number of hydrogen-bond acceptors (Lipinski definition) is 3. The molecule has 1 aliphatic carbocycles. The number of hydrogen-bond donors (Lipinski definition) is 2. The van der Waals surface area contributed by atoms with Crippen molar-refractivity contribution in [2.24, 2.45) is 22.5 Å². The van der Waals surface area contributed by atoms with Crippen molar-refractivity contribution in [3.8, 4) is 0 Å². The fraction of sp³-hybridized carbons (Fsp3) is 0.765. The molecule has 114 valence electrons. The molecule has 1 heterocycles. The number of aliphatic hydroxyl groups is 1. The van der Waals surface area contributed by atoms with Gasteiger partial charge in [-0.25, -0.2) is 0 Å². The van der Waals surface area contributed by atoms with Crippen molar-refractivity contribution in [1.29, 1.82) is 0 Å². The van der Waals surface area contributed by atoms with Crippen LogP contribution in [0, 0.1) is 23.7 Å². The first-order valence-electron chi connectivity index (χ1n) is 7.73. The Bertz CT molecular complexity index is 436. The Balaban J connectivity index is 2.12. The van der Waals surface area contributed by atoms with Crippen LogP contribution in [0.25, 0.3) is 0 Å². The molecule has 1 aliphatic rings. The van der Waals surface area contributed by atoms with Crippen LogP contribution in [0.2, 0.25) is 0 Å². The van der Waals surface area contributed by atoms with E-state index < -0.39 is 6.10 Å². The lowest BCUT2D eigenvalue weighted by Crippen LogP contribution is -2.42. The lowest BCUT2D eigenvalue weighted by atomic mass is 9.62. The highest BCUT2D eigenvalue weighted by atomic mass is 16.4. The molecule has 2 rings (SSSR count). The van der Waals surface area contributed by atoms with Gasteiger partial charge in [-0.05, 0) is 56.1 Å². The summed E-state index contributed by atoms with van der Waals surface area (Å²) < 4.78 is 5.61. The number of nitrogens with two attached hydrogens (primary N) is 1. The smallest absolute Gasteiger partial charge is 0.133 e. The van der Waals surface area contributed by atoms with Crippen LogP contribution < -0.4 is 5.73 Å². The van der Waals surface area contributed by atoms with E-state index in [9.17, 15) is 5.11 Å². The van der Waals surface area contributed by atoms with Crippen molar-refractivity contribution in [3.05, 3.63) is 23.7 Å². The van der Waals surface area contributed by atoms with Gasteiger partial charge in [0.1, 0.15) is 17.6 Å². The van der Waals surface area contributed by atoms with Gasteiger partial charge in [0.25, 0.3) is 0 Å². The van der Waals surface area contributed by atoms with E-state index in [1.54, 1.807) is 0 Å². The Morgan fingerprint density at radius 3 is 2.35 bits per heavy atom. The van der Waals surface area contributed by atoms with Crippen molar-refractivity contribution in [3.63, 3.8) is 0 Å². The molecule has 0 amide bonds. The predicted molar refractivity (Wildman–Crippen MR) is 81.3 cm³/mol. The van der Waals surface area contributed by atoms with Gasteiger partial charge in [-0.1, -0.05) is 20.8 Å². The van der Waals surface area contributed by atoms with Gasteiger partial charge in [0.15, 0.2) is 0 Å². The Labute approximate surface area is 122 Å². The maximum atomic E-state index is 10.7. The van der Waals surface area contributed by atoms with Crippen molar-refractivity contribution < 1.29 is 9.52 Å². The van der Waals surface area contributed by atoms with Gasteiger partial charge in [0.2, 0.25) is 0 Å². The van der Waals surface area contributed by atoms with Crippen LogP contribution in [-0.2, 0) is 0 Å². The third-order valence-electron chi connectivity index (χ3n) is 5.22. The first kappa shape index (κ1) is 15.6. The van der Waals surface area contributed by atoms with E-state index in [4.69, 9.17) is 10.2 Å². The fourth-order valence-corrected chi connectivity index (χ4v) is 3.55. The van der Waals surface area contributed by atoms with Crippen LogP contribution in [0.4, 0.5) is 0 Å². The molecule has 0 radical (unpaired) electrons. The molecule has 0 spiro atoms.